The van der Waals surface area contributed by atoms with E-state index in [0.717, 1.165) is 18.7 Å². The Kier molecular flexibility index (Phi) is 3.16. The van der Waals surface area contributed by atoms with Crippen LogP contribution in [0.2, 0.25) is 0 Å². The van der Waals surface area contributed by atoms with Crippen molar-refractivity contribution >= 4 is 5.69 Å². The van der Waals surface area contributed by atoms with Crippen molar-refractivity contribution < 1.29 is 4.74 Å². The zero-order valence-corrected chi connectivity index (χ0v) is 11.2. The molecular weight excluding hydrogens is 238 g/mol. The second-order valence-electron chi connectivity index (χ2n) is 5.51. The van der Waals surface area contributed by atoms with Crippen molar-refractivity contribution in [1.29, 1.82) is 5.26 Å². The Balaban J connectivity index is 1.66. The maximum Gasteiger partial charge on any atom is 0.140 e. The standard InChI is InChI=1S/C15H19N3O/c1-2-19-14-8-13(15(14)6-3-7-15)18-12-5-4-11(9-16)17-10-12/h4-5,10,13-14,18H,2-3,6-8H2,1H3. The summed E-state index contributed by atoms with van der Waals surface area (Å²) in [5.74, 6) is 0. The van der Waals surface area contributed by atoms with E-state index in [1.807, 2.05) is 12.1 Å². The van der Waals surface area contributed by atoms with Crippen LogP contribution in [0.25, 0.3) is 0 Å². The lowest BCUT2D eigenvalue weighted by molar-refractivity contribution is -0.157. The Morgan fingerprint density at radius 1 is 1.53 bits per heavy atom. The fourth-order valence-electron chi connectivity index (χ4n) is 3.39. The molecule has 0 aromatic carbocycles. The molecule has 2 aliphatic carbocycles. The summed E-state index contributed by atoms with van der Waals surface area (Å²) in [6.07, 6.45) is 7.09. The second kappa shape index (κ2) is 4.82. The largest absolute Gasteiger partial charge is 0.380 e. The minimum absolute atomic E-state index is 0.351. The Morgan fingerprint density at radius 2 is 2.37 bits per heavy atom. The summed E-state index contributed by atoms with van der Waals surface area (Å²) in [6.45, 7) is 2.87. The lowest BCUT2D eigenvalue weighted by Gasteiger charge is -2.61. The molecule has 3 rings (SSSR count). The van der Waals surface area contributed by atoms with Gasteiger partial charge in [0.05, 0.1) is 18.0 Å². The predicted octanol–water partition coefficient (Wildman–Crippen LogP) is 2.71. The van der Waals surface area contributed by atoms with Gasteiger partial charge in [-0.1, -0.05) is 6.42 Å². The summed E-state index contributed by atoms with van der Waals surface area (Å²) in [4.78, 5) is 4.10. The number of hydrogen-bond acceptors (Lipinski definition) is 4. The molecule has 2 saturated carbocycles. The Bertz CT molecular complexity index is 487. The Morgan fingerprint density at radius 3 is 2.89 bits per heavy atom. The first kappa shape index (κ1) is 12.4. The summed E-state index contributed by atoms with van der Waals surface area (Å²) in [6, 6.07) is 6.23. The highest BCUT2D eigenvalue weighted by molar-refractivity contribution is 5.45. The van der Waals surface area contributed by atoms with Crippen molar-refractivity contribution in [1.82, 2.24) is 4.98 Å². The highest BCUT2D eigenvalue weighted by atomic mass is 16.5. The SMILES string of the molecule is CCOC1CC(Nc2ccc(C#N)nc2)C12CCC2. The van der Waals surface area contributed by atoms with Gasteiger partial charge in [0.25, 0.3) is 0 Å². The summed E-state index contributed by atoms with van der Waals surface area (Å²) in [5, 5.41) is 12.3. The van der Waals surface area contributed by atoms with Crippen molar-refractivity contribution in [2.75, 3.05) is 11.9 Å². The van der Waals surface area contributed by atoms with E-state index in [4.69, 9.17) is 10.00 Å². The number of anilines is 1. The predicted molar refractivity (Wildman–Crippen MR) is 72.7 cm³/mol. The molecule has 19 heavy (non-hydrogen) atoms. The van der Waals surface area contributed by atoms with Gasteiger partial charge in [0.1, 0.15) is 11.8 Å². The van der Waals surface area contributed by atoms with Crippen LogP contribution < -0.4 is 5.32 Å². The number of aromatic nitrogens is 1. The van der Waals surface area contributed by atoms with Crippen LogP contribution in [0.3, 0.4) is 0 Å². The van der Waals surface area contributed by atoms with E-state index < -0.39 is 0 Å². The van der Waals surface area contributed by atoms with E-state index in [0.29, 0.717) is 23.3 Å². The number of rotatable bonds is 4. The van der Waals surface area contributed by atoms with E-state index in [1.54, 1.807) is 12.3 Å². The van der Waals surface area contributed by atoms with Gasteiger partial charge in [-0.2, -0.15) is 5.26 Å². The second-order valence-corrected chi connectivity index (χ2v) is 5.51. The van der Waals surface area contributed by atoms with Crippen molar-refractivity contribution in [3.8, 4) is 6.07 Å². The average molecular weight is 257 g/mol. The Hall–Kier alpha value is -1.60. The molecule has 100 valence electrons. The molecular formula is C15H19N3O. The third-order valence-electron chi connectivity index (χ3n) is 4.66. The van der Waals surface area contributed by atoms with Crippen LogP contribution >= 0.6 is 0 Å². The molecule has 0 saturated heterocycles. The monoisotopic (exact) mass is 257 g/mol. The Labute approximate surface area is 113 Å². The van der Waals surface area contributed by atoms with Crippen LogP contribution in [-0.2, 0) is 4.74 Å². The maximum atomic E-state index is 8.74. The molecule has 0 bridgehead atoms. The first-order valence-corrected chi connectivity index (χ1v) is 7.03. The first-order chi connectivity index (χ1) is 9.28. The van der Waals surface area contributed by atoms with Crippen molar-refractivity contribution in [3.05, 3.63) is 24.0 Å². The molecule has 0 aliphatic heterocycles. The van der Waals surface area contributed by atoms with Gasteiger partial charge in [0.15, 0.2) is 0 Å². The zero-order valence-electron chi connectivity index (χ0n) is 11.2. The summed E-state index contributed by atoms with van der Waals surface area (Å²) in [5.41, 5.74) is 1.82. The number of pyridine rings is 1. The van der Waals surface area contributed by atoms with Gasteiger partial charge in [-0.05, 0) is 38.3 Å². The van der Waals surface area contributed by atoms with E-state index in [9.17, 15) is 0 Å². The van der Waals surface area contributed by atoms with Gasteiger partial charge in [0, 0.05) is 18.1 Å². The molecule has 1 heterocycles. The minimum atomic E-state index is 0.351. The van der Waals surface area contributed by atoms with E-state index in [1.165, 1.54) is 19.3 Å². The van der Waals surface area contributed by atoms with E-state index >= 15 is 0 Å². The van der Waals surface area contributed by atoms with Gasteiger partial charge < -0.3 is 10.1 Å². The van der Waals surface area contributed by atoms with Crippen LogP contribution in [0.1, 0.15) is 38.3 Å². The number of hydrogen-bond donors (Lipinski definition) is 1. The first-order valence-electron chi connectivity index (χ1n) is 7.03. The zero-order chi connectivity index (χ0) is 13.3. The van der Waals surface area contributed by atoms with Crippen molar-refractivity contribution in [2.45, 2.75) is 44.8 Å². The summed E-state index contributed by atoms with van der Waals surface area (Å²) < 4.78 is 5.84. The number of nitrogens with one attached hydrogen (secondary N) is 1. The minimum Gasteiger partial charge on any atom is -0.380 e. The molecule has 2 aliphatic rings. The molecule has 1 aromatic heterocycles. The van der Waals surface area contributed by atoms with Crippen LogP contribution in [0.4, 0.5) is 5.69 Å². The molecule has 2 atom stereocenters. The van der Waals surface area contributed by atoms with Gasteiger partial charge in [-0.3, -0.25) is 0 Å². The fourth-order valence-corrected chi connectivity index (χ4v) is 3.39. The number of ether oxygens (including phenoxy) is 1. The third-order valence-corrected chi connectivity index (χ3v) is 4.66. The normalized spacial score (nSPS) is 27.2. The quantitative estimate of drug-likeness (QED) is 0.901. The summed E-state index contributed by atoms with van der Waals surface area (Å²) in [7, 11) is 0. The van der Waals surface area contributed by atoms with Crippen molar-refractivity contribution in [2.24, 2.45) is 5.41 Å². The smallest absolute Gasteiger partial charge is 0.140 e. The molecule has 1 spiro atoms. The molecule has 2 unspecified atom stereocenters. The molecule has 2 fully saturated rings. The highest BCUT2D eigenvalue weighted by Gasteiger charge is 2.58. The maximum absolute atomic E-state index is 8.74. The van der Waals surface area contributed by atoms with Gasteiger partial charge >= 0.3 is 0 Å². The fraction of sp³-hybridized carbons (Fsp3) is 0.600. The average Bonchev–Trinajstić information content (AvgIpc) is 2.36. The number of nitriles is 1. The summed E-state index contributed by atoms with van der Waals surface area (Å²) >= 11 is 0. The third kappa shape index (κ3) is 1.98. The topological polar surface area (TPSA) is 57.9 Å². The molecule has 4 heteroatoms. The van der Waals surface area contributed by atoms with Crippen molar-refractivity contribution in [3.63, 3.8) is 0 Å². The van der Waals surface area contributed by atoms with Crippen LogP contribution in [0.5, 0.6) is 0 Å². The number of nitrogens with zero attached hydrogens (tertiary/aromatic N) is 2. The lowest BCUT2D eigenvalue weighted by Crippen LogP contribution is -2.64. The highest BCUT2D eigenvalue weighted by Crippen LogP contribution is 2.58. The van der Waals surface area contributed by atoms with Gasteiger partial charge in [-0.25, -0.2) is 4.98 Å². The molecule has 1 aromatic rings. The van der Waals surface area contributed by atoms with Gasteiger partial charge in [-0.15, -0.1) is 0 Å². The van der Waals surface area contributed by atoms with Crippen LogP contribution in [0, 0.1) is 16.7 Å². The molecule has 0 amide bonds. The van der Waals surface area contributed by atoms with Crippen LogP contribution in [-0.4, -0.2) is 23.7 Å². The lowest BCUT2D eigenvalue weighted by atomic mass is 9.51. The van der Waals surface area contributed by atoms with E-state index in [2.05, 4.69) is 17.2 Å². The van der Waals surface area contributed by atoms with Gasteiger partial charge in [0.2, 0.25) is 0 Å². The molecule has 4 nitrogen and oxygen atoms in total. The van der Waals surface area contributed by atoms with E-state index in [-0.39, 0.29) is 0 Å². The van der Waals surface area contributed by atoms with Crippen LogP contribution in [0.15, 0.2) is 18.3 Å². The molecule has 1 N–H and O–H groups in total. The molecule has 0 radical (unpaired) electrons.